The maximum atomic E-state index is 12.2. The fourth-order valence-corrected chi connectivity index (χ4v) is 4.45. The van der Waals surface area contributed by atoms with Gasteiger partial charge in [-0.15, -0.1) is 0 Å². The van der Waals surface area contributed by atoms with E-state index in [1.807, 2.05) is 0 Å². The number of piperidine rings is 2. The Kier molecular flexibility index (Phi) is 5.19. The number of hydrogen-bond acceptors (Lipinski definition) is 4. The van der Waals surface area contributed by atoms with Crippen molar-refractivity contribution in [2.75, 3.05) is 46.4 Å². The molecule has 0 radical (unpaired) electrons. The first-order valence-electron chi connectivity index (χ1n) is 7.02. The summed E-state index contributed by atoms with van der Waals surface area (Å²) in [6, 6.07) is 0. The Morgan fingerprint density at radius 1 is 1.37 bits per heavy atom. The van der Waals surface area contributed by atoms with Gasteiger partial charge in [0.05, 0.1) is 6.61 Å². The molecule has 7 heteroatoms. The van der Waals surface area contributed by atoms with E-state index in [1.165, 1.54) is 0 Å². The van der Waals surface area contributed by atoms with Crippen molar-refractivity contribution in [1.29, 1.82) is 0 Å². The Morgan fingerprint density at radius 3 is 2.84 bits per heavy atom. The van der Waals surface area contributed by atoms with Gasteiger partial charge in [-0.2, -0.15) is 17.4 Å². The molecule has 1 spiro atoms. The Labute approximate surface area is 116 Å². The number of rotatable bonds is 5. The summed E-state index contributed by atoms with van der Waals surface area (Å²) in [4.78, 5) is 0. The summed E-state index contributed by atoms with van der Waals surface area (Å²) < 4.78 is 33.5. The van der Waals surface area contributed by atoms with E-state index < -0.39 is 10.2 Å². The molecule has 2 aliphatic rings. The van der Waals surface area contributed by atoms with Crippen LogP contribution in [-0.4, -0.2) is 59.2 Å². The van der Waals surface area contributed by atoms with E-state index in [9.17, 15) is 8.42 Å². The molecule has 112 valence electrons. The lowest BCUT2D eigenvalue weighted by Crippen LogP contribution is -2.54. The summed E-state index contributed by atoms with van der Waals surface area (Å²) in [6.45, 7) is 4.00. The smallest absolute Gasteiger partial charge is 0.279 e. The van der Waals surface area contributed by atoms with Crippen LogP contribution in [0.1, 0.15) is 25.7 Å². The molecule has 2 aliphatic heterocycles. The Bertz CT molecular complexity index is 374. The molecule has 6 nitrogen and oxygen atoms in total. The maximum absolute atomic E-state index is 12.2. The van der Waals surface area contributed by atoms with Crippen LogP contribution >= 0.6 is 0 Å². The van der Waals surface area contributed by atoms with Crippen LogP contribution in [-0.2, 0) is 14.9 Å². The largest absolute Gasteiger partial charge is 0.383 e. The number of hydrogen-bond donors (Lipinski definition) is 2. The molecule has 2 fully saturated rings. The second kappa shape index (κ2) is 6.49. The zero-order chi connectivity index (χ0) is 13.8. The molecule has 0 bridgehead atoms. The highest BCUT2D eigenvalue weighted by molar-refractivity contribution is 7.87. The standard InChI is InChI=1S/C12H25N3O3S/c1-18-9-7-14-19(16,17)15-8-3-5-12(11-15)4-2-6-13-10-12/h13-14H,2-11H2,1H3. The summed E-state index contributed by atoms with van der Waals surface area (Å²) in [6.07, 6.45) is 4.35. The average Bonchev–Trinajstić information content (AvgIpc) is 2.40. The number of ether oxygens (including phenoxy) is 1. The first kappa shape index (κ1) is 15.2. The molecular weight excluding hydrogens is 266 g/mol. The second-order valence-corrected chi connectivity index (χ2v) is 7.36. The van der Waals surface area contributed by atoms with Crippen LogP contribution in [0.3, 0.4) is 0 Å². The number of nitrogens with one attached hydrogen (secondary N) is 2. The van der Waals surface area contributed by atoms with Crippen LogP contribution in [0.5, 0.6) is 0 Å². The van der Waals surface area contributed by atoms with Crippen molar-refractivity contribution < 1.29 is 13.2 Å². The van der Waals surface area contributed by atoms with Crippen LogP contribution in [0.2, 0.25) is 0 Å². The first-order valence-corrected chi connectivity index (χ1v) is 8.46. The molecule has 0 aromatic heterocycles. The zero-order valence-corrected chi connectivity index (χ0v) is 12.5. The quantitative estimate of drug-likeness (QED) is 0.696. The van der Waals surface area contributed by atoms with E-state index in [0.717, 1.165) is 38.8 Å². The molecule has 1 unspecified atom stereocenters. The topological polar surface area (TPSA) is 70.7 Å². The second-order valence-electron chi connectivity index (χ2n) is 5.61. The minimum absolute atomic E-state index is 0.145. The van der Waals surface area contributed by atoms with E-state index in [2.05, 4.69) is 10.0 Å². The molecule has 0 aromatic carbocycles. The van der Waals surface area contributed by atoms with Gasteiger partial charge in [0.1, 0.15) is 0 Å². The van der Waals surface area contributed by atoms with Gasteiger partial charge in [0.25, 0.3) is 10.2 Å². The maximum Gasteiger partial charge on any atom is 0.279 e. The average molecular weight is 291 g/mol. The van der Waals surface area contributed by atoms with Crippen molar-refractivity contribution in [2.45, 2.75) is 25.7 Å². The van der Waals surface area contributed by atoms with Crippen LogP contribution in [0.4, 0.5) is 0 Å². The molecule has 0 aliphatic carbocycles. The third kappa shape index (κ3) is 3.88. The predicted octanol–water partition coefficient (Wildman–Crippen LogP) is -0.0672. The van der Waals surface area contributed by atoms with E-state index >= 15 is 0 Å². The van der Waals surface area contributed by atoms with Crippen LogP contribution in [0, 0.1) is 5.41 Å². The lowest BCUT2D eigenvalue weighted by Gasteiger charge is -2.44. The molecule has 0 amide bonds. The lowest BCUT2D eigenvalue weighted by molar-refractivity contribution is 0.109. The van der Waals surface area contributed by atoms with Gasteiger partial charge in [0, 0.05) is 33.3 Å². The molecular formula is C12H25N3O3S. The normalized spacial score (nSPS) is 29.7. The van der Waals surface area contributed by atoms with E-state index in [-0.39, 0.29) is 5.41 Å². The van der Waals surface area contributed by atoms with Crippen LogP contribution < -0.4 is 10.0 Å². The zero-order valence-electron chi connectivity index (χ0n) is 11.7. The SMILES string of the molecule is COCCNS(=O)(=O)N1CCCC2(CCCNC2)C1. The minimum atomic E-state index is -3.36. The van der Waals surface area contributed by atoms with Gasteiger partial charge in [0.15, 0.2) is 0 Å². The Morgan fingerprint density at radius 2 is 2.16 bits per heavy atom. The van der Waals surface area contributed by atoms with Crippen molar-refractivity contribution in [3.63, 3.8) is 0 Å². The highest BCUT2D eigenvalue weighted by atomic mass is 32.2. The van der Waals surface area contributed by atoms with Gasteiger partial charge in [0.2, 0.25) is 0 Å². The predicted molar refractivity (Wildman–Crippen MR) is 74.1 cm³/mol. The molecule has 2 heterocycles. The van der Waals surface area contributed by atoms with Gasteiger partial charge in [-0.1, -0.05) is 0 Å². The lowest BCUT2D eigenvalue weighted by atomic mass is 9.75. The van der Waals surface area contributed by atoms with E-state index in [4.69, 9.17) is 4.74 Å². The van der Waals surface area contributed by atoms with Crippen LogP contribution in [0.25, 0.3) is 0 Å². The Balaban J connectivity index is 1.96. The minimum Gasteiger partial charge on any atom is -0.383 e. The molecule has 0 saturated carbocycles. The van der Waals surface area contributed by atoms with Crippen LogP contribution in [0.15, 0.2) is 0 Å². The van der Waals surface area contributed by atoms with Crippen molar-refractivity contribution in [2.24, 2.45) is 5.41 Å². The summed E-state index contributed by atoms with van der Waals surface area (Å²) in [5, 5.41) is 3.41. The highest BCUT2D eigenvalue weighted by Gasteiger charge is 2.40. The molecule has 19 heavy (non-hydrogen) atoms. The fraction of sp³-hybridized carbons (Fsp3) is 1.00. The van der Waals surface area contributed by atoms with Crippen molar-refractivity contribution >= 4 is 10.2 Å². The summed E-state index contributed by atoms with van der Waals surface area (Å²) in [7, 11) is -1.79. The summed E-state index contributed by atoms with van der Waals surface area (Å²) in [5.74, 6) is 0. The Hall–Kier alpha value is -0.210. The summed E-state index contributed by atoms with van der Waals surface area (Å²) >= 11 is 0. The monoisotopic (exact) mass is 291 g/mol. The van der Waals surface area contributed by atoms with E-state index in [0.29, 0.717) is 26.2 Å². The van der Waals surface area contributed by atoms with Gasteiger partial charge < -0.3 is 10.1 Å². The van der Waals surface area contributed by atoms with Gasteiger partial charge in [-0.25, -0.2) is 0 Å². The first-order chi connectivity index (χ1) is 9.08. The third-order valence-electron chi connectivity index (χ3n) is 4.12. The summed E-state index contributed by atoms with van der Waals surface area (Å²) in [5.41, 5.74) is 0.145. The van der Waals surface area contributed by atoms with E-state index in [1.54, 1.807) is 11.4 Å². The molecule has 0 aromatic rings. The van der Waals surface area contributed by atoms with Gasteiger partial charge in [-0.05, 0) is 37.6 Å². The van der Waals surface area contributed by atoms with Crippen molar-refractivity contribution in [3.05, 3.63) is 0 Å². The van der Waals surface area contributed by atoms with Crippen molar-refractivity contribution in [3.8, 4) is 0 Å². The highest BCUT2D eigenvalue weighted by Crippen LogP contribution is 2.36. The van der Waals surface area contributed by atoms with Crippen molar-refractivity contribution in [1.82, 2.24) is 14.3 Å². The van der Waals surface area contributed by atoms with Gasteiger partial charge >= 0.3 is 0 Å². The third-order valence-corrected chi connectivity index (χ3v) is 5.68. The molecule has 2 saturated heterocycles. The molecule has 2 N–H and O–H groups in total. The molecule has 2 rings (SSSR count). The fourth-order valence-electron chi connectivity index (χ4n) is 3.11. The molecule has 1 atom stereocenters. The van der Waals surface area contributed by atoms with Gasteiger partial charge in [-0.3, -0.25) is 0 Å². The number of methoxy groups -OCH3 is 1. The number of nitrogens with zero attached hydrogens (tertiary/aromatic N) is 1.